The van der Waals surface area contributed by atoms with E-state index in [1.807, 2.05) is 13.8 Å². The second-order valence-electron chi connectivity index (χ2n) is 7.69. The minimum atomic E-state index is -0.602. The van der Waals surface area contributed by atoms with Crippen LogP contribution in [0.3, 0.4) is 0 Å². The monoisotopic (exact) mass is 348 g/mol. The van der Waals surface area contributed by atoms with Crippen molar-refractivity contribution in [3.8, 4) is 6.07 Å². The molecule has 0 radical (unpaired) electrons. The van der Waals surface area contributed by atoms with Gasteiger partial charge in [0.1, 0.15) is 17.1 Å². The van der Waals surface area contributed by atoms with Gasteiger partial charge in [0.15, 0.2) is 0 Å². The Labute approximate surface area is 149 Å². The van der Waals surface area contributed by atoms with Crippen LogP contribution >= 0.6 is 0 Å². The van der Waals surface area contributed by atoms with Gasteiger partial charge in [0, 0.05) is 12.4 Å². The van der Waals surface area contributed by atoms with Gasteiger partial charge in [0.2, 0.25) is 11.8 Å². The number of aromatic nitrogens is 2. The maximum absolute atomic E-state index is 13.2. The van der Waals surface area contributed by atoms with Crippen LogP contribution in [0, 0.1) is 23.2 Å². The van der Waals surface area contributed by atoms with Crippen molar-refractivity contribution < 1.29 is 14.3 Å². The highest BCUT2D eigenvalue weighted by molar-refractivity contribution is 6.25. The molecule has 0 N–H and O–H groups in total. The number of nitriles is 1. The number of nitrogens with zero attached hydrogens (tertiary/aromatic N) is 4. The summed E-state index contributed by atoms with van der Waals surface area (Å²) in [7, 11) is 0. The molecular formula is C19H16N4O3. The smallest absolute Gasteiger partial charge is 0.240 e. The fourth-order valence-electron chi connectivity index (χ4n) is 5.02. The molecule has 5 rings (SSSR count). The molecule has 3 fully saturated rings. The molecule has 3 aliphatic heterocycles. The summed E-state index contributed by atoms with van der Waals surface area (Å²) in [6, 6.07) is 5.27. The number of ether oxygens (including phenoxy) is 1. The van der Waals surface area contributed by atoms with Gasteiger partial charge < -0.3 is 4.74 Å². The minimum absolute atomic E-state index is 0.248. The van der Waals surface area contributed by atoms with Crippen molar-refractivity contribution in [2.24, 2.45) is 11.8 Å². The fourth-order valence-corrected chi connectivity index (χ4v) is 5.02. The molecule has 130 valence electrons. The molecule has 0 spiro atoms. The lowest BCUT2D eigenvalue weighted by Gasteiger charge is -2.27. The first-order valence-electron chi connectivity index (χ1n) is 8.61. The van der Waals surface area contributed by atoms with Crippen LogP contribution in [-0.4, -0.2) is 33.0 Å². The molecule has 1 aromatic carbocycles. The summed E-state index contributed by atoms with van der Waals surface area (Å²) in [6.45, 7) is 3.85. The number of benzene rings is 1. The van der Waals surface area contributed by atoms with E-state index in [1.165, 1.54) is 17.3 Å². The van der Waals surface area contributed by atoms with E-state index in [0.717, 1.165) is 12.8 Å². The van der Waals surface area contributed by atoms with Crippen molar-refractivity contribution in [2.75, 3.05) is 4.90 Å². The summed E-state index contributed by atoms with van der Waals surface area (Å²) in [4.78, 5) is 36.2. The van der Waals surface area contributed by atoms with Crippen LogP contribution in [0.2, 0.25) is 0 Å². The first kappa shape index (κ1) is 15.4. The molecule has 26 heavy (non-hydrogen) atoms. The highest BCUT2D eigenvalue weighted by atomic mass is 16.5. The lowest BCUT2D eigenvalue weighted by atomic mass is 9.69. The zero-order chi connectivity index (χ0) is 18.3. The third-order valence-corrected chi connectivity index (χ3v) is 6.17. The van der Waals surface area contributed by atoms with Crippen molar-refractivity contribution in [2.45, 2.75) is 37.9 Å². The summed E-state index contributed by atoms with van der Waals surface area (Å²) in [5.74, 6) is -1.45. The van der Waals surface area contributed by atoms with Crippen LogP contribution in [-0.2, 0) is 14.3 Å². The SMILES string of the molecule is C[C@]12CC[C@](C)(O1)[C@@H]1C(=O)N(c3ccc(C#N)c4nccnc34)C(=O)[C@@H]12. The number of carbonyl (C=O) groups is 2. The molecule has 7 nitrogen and oxygen atoms in total. The Bertz CT molecular complexity index is 1010. The molecular weight excluding hydrogens is 332 g/mol. The van der Waals surface area contributed by atoms with E-state index < -0.39 is 23.0 Å². The highest BCUT2D eigenvalue weighted by Gasteiger charge is 2.72. The van der Waals surface area contributed by atoms with Gasteiger partial charge in [0.05, 0.1) is 34.3 Å². The largest absolute Gasteiger partial charge is 0.367 e. The molecule has 0 aliphatic carbocycles. The Morgan fingerprint density at radius 1 is 1.08 bits per heavy atom. The second kappa shape index (κ2) is 4.65. The number of hydrogen-bond acceptors (Lipinski definition) is 6. The van der Waals surface area contributed by atoms with Crippen LogP contribution in [0.5, 0.6) is 0 Å². The summed E-state index contributed by atoms with van der Waals surface area (Å²) in [5.41, 5.74) is 0.324. The Hall–Kier alpha value is -2.85. The number of fused-ring (bicyclic) bond motifs is 6. The van der Waals surface area contributed by atoms with Crippen LogP contribution in [0.1, 0.15) is 32.3 Å². The molecule has 2 aromatic rings. The van der Waals surface area contributed by atoms with Gasteiger partial charge in [-0.3, -0.25) is 19.6 Å². The molecule has 2 bridgehead atoms. The predicted octanol–water partition coefficient (Wildman–Crippen LogP) is 1.95. The Kier molecular flexibility index (Phi) is 2.76. The normalized spacial score (nSPS) is 35.2. The fraction of sp³-hybridized carbons (Fsp3) is 0.421. The third kappa shape index (κ3) is 1.65. The van der Waals surface area contributed by atoms with Gasteiger partial charge in [-0.1, -0.05) is 0 Å². The van der Waals surface area contributed by atoms with Gasteiger partial charge in [-0.15, -0.1) is 0 Å². The molecule has 3 saturated heterocycles. The molecule has 0 saturated carbocycles. The van der Waals surface area contributed by atoms with E-state index in [9.17, 15) is 14.9 Å². The maximum atomic E-state index is 13.2. The first-order chi connectivity index (χ1) is 12.4. The number of rotatable bonds is 1. The summed E-state index contributed by atoms with van der Waals surface area (Å²) < 4.78 is 6.12. The van der Waals surface area contributed by atoms with E-state index in [2.05, 4.69) is 16.0 Å². The molecule has 4 atom stereocenters. The van der Waals surface area contributed by atoms with Crippen molar-refractivity contribution in [3.05, 3.63) is 30.1 Å². The third-order valence-electron chi connectivity index (χ3n) is 6.17. The zero-order valence-electron chi connectivity index (χ0n) is 14.4. The highest BCUT2D eigenvalue weighted by Crippen LogP contribution is 2.61. The maximum Gasteiger partial charge on any atom is 0.240 e. The van der Waals surface area contributed by atoms with Gasteiger partial charge in [-0.05, 0) is 38.8 Å². The van der Waals surface area contributed by atoms with Crippen molar-refractivity contribution in [1.82, 2.24) is 9.97 Å². The quantitative estimate of drug-likeness (QED) is 0.731. The first-order valence-corrected chi connectivity index (χ1v) is 8.61. The molecule has 2 amide bonds. The Morgan fingerprint density at radius 2 is 1.65 bits per heavy atom. The number of anilines is 1. The number of hydrogen-bond donors (Lipinski definition) is 0. The number of amides is 2. The second-order valence-corrected chi connectivity index (χ2v) is 7.69. The minimum Gasteiger partial charge on any atom is -0.367 e. The van der Waals surface area contributed by atoms with Crippen LogP contribution in [0.15, 0.2) is 24.5 Å². The number of carbonyl (C=O) groups excluding carboxylic acids is 2. The predicted molar refractivity (Wildman–Crippen MR) is 90.9 cm³/mol. The molecule has 7 heteroatoms. The van der Waals surface area contributed by atoms with E-state index >= 15 is 0 Å². The molecule has 1 aromatic heterocycles. The molecule has 0 unspecified atom stereocenters. The Morgan fingerprint density at radius 3 is 2.23 bits per heavy atom. The standard InChI is InChI=1S/C19H16N4O3/c1-18-5-6-19(2,26-18)13-12(18)16(24)23(17(13)25)11-4-3-10(9-20)14-15(11)22-8-7-21-14/h3-4,7-8,12-13H,5-6H2,1-2H3/t12-,13+,18-,19+. The van der Waals surface area contributed by atoms with Crippen molar-refractivity contribution in [1.29, 1.82) is 5.26 Å². The summed E-state index contributed by atoms with van der Waals surface area (Å²) in [6.07, 6.45) is 4.52. The zero-order valence-corrected chi connectivity index (χ0v) is 14.4. The lowest BCUT2D eigenvalue weighted by molar-refractivity contribution is -0.129. The van der Waals surface area contributed by atoms with E-state index in [-0.39, 0.29) is 11.8 Å². The summed E-state index contributed by atoms with van der Waals surface area (Å²) in [5, 5.41) is 9.29. The van der Waals surface area contributed by atoms with Gasteiger partial charge in [0.25, 0.3) is 0 Å². The van der Waals surface area contributed by atoms with Crippen LogP contribution in [0.4, 0.5) is 5.69 Å². The van der Waals surface area contributed by atoms with Crippen molar-refractivity contribution in [3.63, 3.8) is 0 Å². The van der Waals surface area contributed by atoms with Gasteiger partial charge >= 0.3 is 0 Å². The average molecular weight is 348 g/mol. The van der Waals surface area contributed by atoms with Gasteiger partial charge in [-0.2, -0.15) is 5.26 Å². The summed E-state index contributed by atoms with van der Waals surface area (Å²) >= 11 is 0. The van der Waals surface area contributed by atoms with Crippen LogP contribution < -0.4 is 4.90 Å². The number of imide groups is 1. The average Bonchev–Trinajstić information content (AvgIpc) is 3.18. The molecule has 4 heterocycles. The van der Waals surface area contributed by atoms with Gasteiger partial charge in [-0.25, -0.2) is 4.90 Å². The lowest BCUT2D eigenvalue weighted by Crippen LogP contribution is -2.40. The van der Waals surface area contributed by atoms with E-state index in [4.69, 9.17) is 4.74 Å². The van der Waals surface area contributed by atoms with Crippen molar-refractivity contribution >= 4 is 28.5 Å². The van der Waals surface area contributed by atoms with E-state index in [0.29, 0.717) is 22.3 Å². The molecule has 3 aliphatic rings. The Balaban J connectivity index is 1.70. The van der Waals surface area contributed by atoms with Crippen LogP contribution in [0.25, 0.3) is 11.0 Å². The van der Waals surface area contributed by atoms with E-state index in [1.54, 1.807) is 12.1 Å². The topological polar surface area (TPSA) is 96.2 Å².